The lowest BCUT2D eigenvalue weighted by Gasteiger charge is -2.16. The highest BCUT2D eigenvalue weighted by molar-refractivity contribution is 7.17. The van der Waals surface area contributed by atoms with Crippen molar-refractivity contribution in [2.75, 3.05) is 11.4 Å². The average molecular weight is 347 g/mol. The van der Waals surface area contributed by atoms with Gasteiger partial charge >= 0.3 is 0 Å². The molecule has 0 spiro atoms. The van der Waals surface area contributed by atoms with Gasteiger partial charge in [-0.25, -0.2) is 4.98 Å². The number of amides is 1. The van der Waals surface area contributed by atoms with Gasteiger partial charge in [0.2, 0.25) is 0 Å². The van der Waals surface area contributed by atoms with Gasteiger partial charge in [-0.15, -0.1) is 11.3 Å². The molecule has 3 aromatic rings. The predicted molar refractivity (Wildman–Crippen MR) is 92.3 cm³/mol. The lowest BCUT2D eigenvalue weighted by molar-refractivity contribution is 0.0993. The number of nitrogens with zero attached hydrogens (tertiary/aromatic N) is 2. The van der Waals surface area contributed by atoms with E-state index in [1.54, 1.807) is 22.4 Å². The van der Waals surface area contributed by atoms with Gasteiger partial charge in [0.05, 0.1) is 6.20 Å². The van der Waals surface area contributed by atoms with Crippen LogP contribution in [0.25, 0.3) is 10.6 Å². The number of carbonyl (C=O) groups excluding carboxylic acids is 1. The molecule has 4 rings (SSSR count). The third-order valence-electron chi connectivity index (χ3n) is 3.70. The molecule has 1 aliphatic heterocycles. The van der Waals surface area contributed by atoms with E-state index in [-0.39, 0.29) is 5.91 Å². The van der Waals surface area contributed by atoms with Crippen molar-refractivity contribution in [3.63, 3.8) is 0 Å². The topological polar surface area (TPSA) is 33.2 Å². The van der Waals surface area contributed by atoms with Crippen molar-refractivity contribution in [3.05, 3.63) is 56.7 Å². The second-order valence-corrected chi connectivity index (χ2v) is 7.20. The SMILES string of the molecule is O=C(c1cnc(-c2ccsc2)s1)N1CCc2c(Cl)cccc21. The first-order chi connectivity index (χ1) is 10.7. The van der Waals surface area contributed by atoms with Crippen LogP contribution in [0.3, 0.4) is 0 Å². The molecule has 1 amide bonds. The summed E-state index contributed by atoms with van der Waals surface area (Å²) in [6, 6.07) is 7.72. The Morgan fingerprint density at radius 2 is 2.23 bits per heavy atom. The van der Waals surface area contributed by atoms with Crippen molar-refractivity contribution in [3.8, 4) is 10.6 Å². The highest BCUT2D eigenvalue weighted by Gasteiger charge is 2.28. The first-order valence-corrected chi connectivity index (χ1v) is 8.95. The summed E-state index contributed by atoms with van der Waals surface area (Å²) in [4.78, 5) is 19.6. The van der Waals surface area contributed by atoms with Gasteiger partial charge < -0.3 is 4.90 Å². The standard InChI is InChI=1S/C16H11ClN2OS2/c17-12-2-1-3-13-11(12)4-6-19(13)16(20)14-8-18-15(22-14)10-5-7-21-9-10/h1-3,5,7-9H,4,6H2. The molecule has 6 heteroatoms. The fourth-order valence-corrected chi connectivity index (χ4v) is 4.47. The summed E-state index contributed by atoms with van der Waals surface area (Å²) >= 11 is 9.27. The van der Waals surface area contributed by atoms with E-state index in [2.05, 4.69) is 4.98 Å². The number of fused-ring (bicyclic) bond motifs is 1. The Kier molecular flexibility index (Phi) is 3.48. The quantitative estimate of drug-likeness (QED) is 0.672. The van der Waals surface area contributed by atoms with E-state index < -0.39 is 0 Å². The van der Waals surface area contributed by atoms with Crippen LogP contribution in [0.4, 0.5) is 5.69 Å². The molecule has 3 heterocycles. The van der Waals surface area contributed by atoms with Crippen LogP contribution in [0, 0.1) is 0 Å². The van der Waals surface area contributed by atoms with Crippen LogP contribution in [0.2, 0.25) is 5.02 Å². The maximum atomic E-state index is 12.8. The molecular formula is C16H11ClN2OS2. The summed E-state index contributed by atoms with van der Waals surface area (Å²) in [6.07, 6.45) is 2.47. The molecule has 0 aliphatic carbocycles. The zero-order chi connectivity index (χ0) is 15.1. The Balaban J connectivity index is 1.66. The molecule has 1 aromatic carbocycles. The average Bonchev–Trinajstić information content (AvgIpc) is 3.26. The number of carbonyl (C=O) groups is 1. The van der Waals surface area contributed by atoms with E-state index in [4.69, 9.17) is 11.6 Å². The number of thiophene rings is 1. The number of halogens is 1. The number of rotatable bonds is 2. The Bertz CT molecular complexity index is 842. The normalized spacial score (nSPS) is 13.4. The number of hydrogen-bond acceptors (Lipinski definition) is 4. The Labute approximate surface area is 140 Å². The highest BCUT2D eigenvalue weighted by atomic mass is 35.5. The second kappa shape index (κ2) is 5.50. The van der Waals surface area contributed by atoms with Gasteiger partial charge in [-0.2, -0.15) is 11.3 Å². The van der Waals surface area contributed by atoms with Gasteiger partial charge in [0, 0.05) is 28.2 Å². The van der Waals surface area contributed by atoms with Gasteiger partial charge in [0.1, 0.15) is 9.88 Å². The van der Waals surface area contributed by atoms with Crippen LogP contribution in [0.5, 0.6) is 0 Å². The van der Waals surface area contributed by atoms with Crippen molar-refractivity contribution in [2.45, 2.75) is 6.42 Å². The third kappa shape index (κ3) is 2.26. The Hall–Kier alpha value is -1.69. The molecular weight excluding hydrogens is 336 g/mol. The maximum Gasteiger partial charge on any atom is 0.270 e. The van der Waals surface area contributed by atoms with Gasteiger partial charge in [-0.3, -0.25) is 4.79 Å². The number of thiazole rings is 1. The van der Waals surface area contributed by atoms with Crippen LogP contribution in [-0.2, 0) is 6.42 Å². The number of anilines is 1. The molecule has 1 aliphatic rings. The van der Waals surface area contributed by atoms with Crippen molar-refractivity contribution < 1.29 is 4.79 Å². The summed E-state index contributed by atoms with van der Waals surface area (Å²) in [6.45, 7) is 0.670. The van der Waals surface area contributed by atoms with Gasteiger partial charge in [-0.1, -0.05) is 17.7 Å². The van der Waals surface area contributed by atoms with Crippen LogP contribution in [0.15, 0.2) is 41.2 Å². The maximum absolute atomic E-state index is 12.8. The van der Waals surface area contributed by atoms with Crippen LogP contribution in [-0.4, -0.2) is 17.4 Å². The molecule has 2 aromatic heterocycles. The number of benzene rings is 1. The van der Waals surface area contributed by atoms with E-state index in [1.807, 2.05) is 35.0 Å². The molecule has 0 bridgehead atoms. The van der Waals surface area contributed by atoms with Crippen LogP contribution >= 0.6 is 34.3 Å². The van der Waals surface area contributed by atoms with Gasteiger partial charge in [-0.05, 0) is 35.6 Å². The molecule has 0 saturated carbocycles. The van der Waals surface area contributed by atoms with Crippen LogP contribution in [0.1, 0.15) is 15.2 Å². The summed E-state index contributed by atoms with van der Waals surface area (Å²) in [5.41, 5.74) is 3.04. The lowest BCUT2D eigenvalue weighted by Crippen LogP contribution is -2.28. The van der Waals surface area contributed by atoms with Crippen molar-refractivity contribution in [1.82, 2.24) is 4.98 Å². The molecule has 0 N–H and O–H groups in total. The van der Waals surface area contributed by atoms with E-state index in [0.717, 1.165) is 33.3 Å². The minimum absolute atomic E-state index is 0.00000346. The molecule has 0 radical (unpaired) electrons. The smallest absolute Gasteiger partial charge is 0.270 e. The monoisotopic (exact) mass is 346 g/mol. The fraction of sp³-hybridized carbons (Fsp3) is 0.125. The van der Waals surface area contributed by atoms with E-state index in [1.165, 1.54) is 11.3 Å². The summed E-state index contributed by atoms with van der Waals surface area (Å²) in [5.74, 6) is -0.00000346. The van der Waals surface area contributed by atoms with E-state index in [0.29, 0.717) is 11.4 Å². The number of aromatic nitrogens is 1. The molecule has 3 nitrogen and oxygen atoms in total. The van der Waals surface area contributed by atoms with Crippen molar-refractivity contribution in [2.24, 2.45) is 0 Å². The molecule has 22 heavy (non-hydrogen) atoms. The van der Waals surface area contributed by atoms with Gasteiger partial charge in [0.15, 0.2) is 0 Å². The first-order valence-electron chi connectivity index (χ1n) is 6.81. The number of hydrogen-bond donors (Lipinski definition) is 0. The third-order valence-corrected chi connectivity index (χ3v) is 5.77. The van der Waals surface area contributed by atoms with Crippen LogP contribution < -0.4 is 4.90 Å². The predicted octanol–water partition coefficient (Wildman–Crippen LogP) is 4.73. The molecule has 0 saturated heterocycles. The lowest BCUT2D eigenvalue weighted by atomic mass is 10.2. The van der Waals surface area contributed by atoms with Crippen molar-refractivity contribution >= 4 is 45.9 Å². The second-order valence-electron chi connectivity index (χ2n) is 4.99. The highest BCUT2D eigenvalue weighted by Crippen LogP contribution is 2.35. The summed E-state index contributed by atoms with van der Waals surface area (Å²) in [7, 11) is 0. The molecule has 0 fully saturated rings. The first kappa shape index (κ1) is 13.9. The van der Waals surface area contributed by atoms with E-state index in [9.17, 15) is 4.79 Å². The van der Waals surface area contributed by atoms with E-state index >= 15 is 0 Å². The molecule has 0 atom stereocenters. The fourth-order valence-electron chi connectivity index (χ4n) is 2.63. The minimum atomic E-state index is -0.00000346. The van der Waals surface area contributed by atoms with Gasteiger partial charge in [0.25, 0.3) is 5.91 Å². The summed E-state index contributed by atoms with van der Waals surface area (Å²) < 4.78 is 0. The summed E-state index contributed by atoms with van der Waals surface area (Å²) in [5, 5.41) is 5.67. The zero-order valence-electron chi connectivity index (χ0n) is 11.5. The largest absolute Gasteiger partial charge is 0.307 e. The molecule has 0 unspecified atom stereocenters. The zero-order valence-corrected chi connectivity index (χ0v) is 13.8. The van der Waals surface area contributed by atoms with Crippen molar-refractivity contribution in [1.29, 1.82) is 0 Å². The Morgan fingerprint density at radius 3 is 3.05 bits per heavy atom. The Morgan fingerprint density at radius 1 is 1.32 bits per heavy atom. The molecule has 110 valence electrons. The minimum Gasteiger partial charge on any atom is -0.307 e.